The predicted octanol–water partition coefficient (Wildman–Crippen LogP) is 5.35. The number of halogens is 11. The molecule has 0 bridgehead atoms. The minimum Gasteiger partial charge on any atom is -0.373 e. The van der Waals surface area contributed by atoms with Crippen LogP contribution in [0.5, 0.6) is 0 Å². The summed E-state index contributed by atoms with van der Waals surface area (Å²) < 4.78 is 164. The third-order valence-corrected chi connectivity index (χ3v) is 4.37. The second-order valence-corrected chi connectivity index (χ2v) is 6.65. The van der Waals surface area contributed by atoms with E-state index in [2.05, 4.69) is 4.84 Å². The third kappa shape index (κ3) is 5.33. The molecule has 178 valence electrons. The van der Waals surface area contributed by atoms with Crippen molar-refractivity contribution < 1.29 is 61.5 Å². The van der Waals surface area contributed by atoms with Crippen molar-refractivity contribution in [1.29, 1.82) is 0 Å². The lowest BCUT2D eigenvalue weighted by Gasteiger charge is -2.40. The van der Waals surface area contributed by atoms with Crippen LogP contribution in [0.25, 0.3) is 0 Å². The number of rotatable bonds is 9. The summed E-state index contributed by atoms with van der Waals surface area (Å²) in [5, 5.41) is 0. The topological polar surface area (TPSA) is 46.6 Å². The Labute approximate surface area is 168 Å². The van der Waals surface area contributed by atoms with Crippen molar-refractivity contribution in [2.75, 3.05) is 4.47 Å². The summed E-state index contributed by atoms with van der Waals surface area (Å²) in [5.41, 5.74) is -6.53. The van der Waals surface area contributed by atoms with Gasteiger partial charge in [-0.1, -0.05) is 18.2 Å². The number of anilines is 1. The Hall–Kier alpha value is -2.26. The molecule has 1 aromatic carbocycles. The summed E-state index contributed by atoms with van der Waals surface area (Å²) in [6, 6.07) is 6.56. The molecule has 0 atom stereocenters. The first kappa shape index (κ1) is 26.8. The number of hydrogen-bond acceptors (Lipinski definition) is 3. The number of allylic oxidation sites excluding steroid dienone is 1. The summed E-state index contributed by atoms with van der Waals surface area (Å²) >= 11 is 0. The fourth-order valence-electron chi connectivity index (χ4n) is 2.16. The second-order valence-electron chi connectivity index (χ2n) is 5.81. The largest absolute Gasteiger partial charge is 0.457 e. The molecule has 0 saturated carbocycles. The molecule has 0 unspecified atom stereocenters. The van der Waals surface area contributed by atoms with Crippen molar-refractivity contribution in [1.82, 2.24) is 0 Å². The van der Waals surface area contributed by atoms with Crippen LogP contribution < -0.4 is 4.47 Å². The van der Waals surface area contributed by atoms with Crippen LogP contribution >= 0.6 is 0 Å². The van der Waals surface area contributed by atoms with Gasteiger partial charge in [0, 0.05) is 0 Å². The molecule has 16 heteroatoms. The summed E-state index contributed by atoms with van der Waals surface area (Å²) in [6.45, 7) is 0. The Morgan fingerprint density at radius 3 is 1.65 bits per heavy atom. The fourth-order valence-corrected chi connectivity index (χ4v) is 2.61. The van der Waals surface area contributed by atoms with E-state index in [0.717, 1.165) is 0 Å². The zero-order chi connectivity index (χ0) is 24.3. The Morgan fingerprint density at radius 1 is 0.806 bits per heavy atom. The van der Waals surface area contributed by atoms with Gasteiger partial charge in [0.1, 0.15) is 6.26 Å². The van der Waals surface area contributed by atoms with Crippen molar-refractivity contribution in [3.8, 4) is 0 Å². The molecule has 0 aliphatic heterocycles. The normalized spacial score (nSPS) is 14.3. The van der Waals surface area contributed by atoms with Gasteiger partial charge in [-0.2, -0.15) is 43.9 Å². The van der Waals surface area contributed by atoms with Gasteiger partial charge in [0.2, 0.25) is 0 Å². The molecule has 0 amide bonds. The molecule has 4 nitrogen and oxygen atoms in total. The number of nitrogens with zero attached hydrogens (tertiary/aromatic N) is 1. The van der Waals surface area contributed by atoms with Crippen molar-refractivity contribution in [3.05, 3.63) is 42.7 Å². The molecule has 0 saturated heterocycles. The SMILES string of the molecule is O=[SH](=O)N(OC=CCCC(F)(C(F)(F)C(F)(F)F)C(F)(F)C(F)(F)F)c1ccccc1. The maximum absolute atomic E-state index is 14.2. The van der Waals surface area contributed by atoms with Crippen LogP contribution in [0.3, 0.4) is 0 Å². The van der Waals surface area contributed by atoms with E-state index in [9.17, 15) is 56.7 Å². The lowest BCUT2D eigenvalue weighted by atomic mass is 9.84. The first-order chi connectivity index (χ1) is 13.9. The summed E-state index contributed by atoms with van der Waals surface area (Å²) in [4.78, 5) is 4.52. The van der Waals surface area contributed by atoms with E-state index in [1.807, 2.05) is 0 Å². The molecule has 1 aromatic rings. The standard InChI is InChI=1S/C15H12F11NO3S/c16-11(12(17,18)14(21,22)23,13(19,20)15(24,25)26)8-4-5-9-30-27(31(28)29)10-6-2-1-3-7-10/h1-3,5-7,9,31H,4,8H2. The Kier molecular flexibility index (Phi) is 7.84. The number of thiol groups is 1. The van der Waals surface area contributed by atoms with E-state index in [4.69, 9.17) is 0 Å². The first-order valence-electron chi connectivity index (χ1n) is 7.79. The highest BCUT2D eigenvalue weighted by molar-refractivity contribution is 7.73. The van der Waals surface area contributed by atoms with Gasteiger partial charge in [-0.3, -0.25) is 0 Å². The molecule has 0 heterocycles. The molecule has 0 radical (unpaired) electrons. The van der Waals surface area contributed by atoms with Crippen LogP contribution in [0.1, 0.15) is 12.8 Å². The molecule has 0 aromatic heterocycles. The zero-order valence-electron chi connectivity index (χ0n) is 14.7. The zero-order valence-corrected chi connectivity index (χ0v) is 15.6. The van der Waals surface area contributed by atoms with E-state index >= 15 is 0 Å². The van der Waals surface area contributed by atoms with Crippen molar-refractivity contribution in [3.63, 3.8) is 0 Å². The maximum atomic E-state index is 14.2. The minimum absolute atomic E-state index is 0.129. The molecule has 1 rings (SSSR count). The van der Waals surface area contributed by atoms with Crippen LogP contribution in [0, 0.1) is 0 Å². The summed E-state index contributed by atoms with van der Waals surface area (Å²) in [6.07, 6.45) is -17.7. The van der Waals surface area contributed by atoms with Crippen LogP contribution in [0.2, 0.25) is 0 Å². The predicted molar refractivity (Wildman–Crippen MR) is 84.5 cm³/mol. The van der Waals surface area contributed by atoms with E-state index in [-0.39, 0.29) is 16.4 Å². The van der Waals surface area contributed by atoms with Crippen LogP contribution in [0.4, 0.5) is 54.0 Å². The smallest absolute Gasteiger partial charge is 0.373 e. The quantitative estimate of drug-likeness (QED) is 0.218. The van der Waals surface area contributed by atoms with Gasteiger partial charge >= 0.3 is 24.2 Å². The number of para-hydroxylation sites is 1. The van der Waals surface area contributed by atoms with Gasteiger partial charge in [-0.25, -0.2) is 12.8 Å². The highest BCUT2D eigenvalue weighted by Crippen LogP contribution is 2.58. The van der Waals surface area contributed by atoms with E-state index < -0.39 is 53.6 Å². The third-order valence-electron chi connectivity index (χ3n) is 3.75. The molecule has 0 aliphatic rings. The van der Waals surface area contributed by atoms with Gasteiger partial charge in [0.15, 0.2) is 0 Å². The second kappa shape index (κ2) is 9.08. The maximum Gasteiger partial charge on any atom is 0.457 e. The van der Waals surface area contributed by atoms with Crippen LogP contribution in [-0.4, -0.2) is 38.3 Å². The van der Waals surface area contributed by atoms with Gasteiger partial charge < -0.3 is 4.84 Å². The number of hydrogen-bond donors (Lipinski definition) is 1. The summed E-state index contributed by atoms with van der Waals surface area (Å²) in [5.74, 6) is -14.2. The lowest BCUT2D eigenvalue weighted by molar-refractivity contribution is -0.407. The monoisotopic (exact) mass is 495 g/mol. The average molecular weight is 495 g/mol. The Bertz CT molecular complexity index is 801. The molecule has 0 spiro atoms. The minimum atomic E-state index is -7.08. The van der Waals surface area contributed by atoms with Crippen LogP contribution in [-0.2, 0) is 15.7 Å². The first-order valence-corrected chi connectivity index (χ1v) is 8.92. The van der Waals surface area contributed by atoms with Crippen LogP contribution in [0.15, 0.2) is 42.7 Å². The van der Waals surface area contributed by atoms with Gasteiger partial charge in [-0.15, -0.1) is 4.47 Å². The molecule has 0 aliphatic carbocycles. The molecular formula is C15H12F11NO3S. The molecule has 0 fully saturated rings. The van der Waals surface area contributed by atoms with Crippen molar-refractivity contribution in [2.45, 2.75) is 42.7 Å². The number of alkyl halides is 11. The molecule has 31 heavy (non-hydrogen) atoms. The highest BCUT2D eigenvalue weighted by Gasteiger charge is 2.85. The molecular weight excluding hydrogens is 483 g/mol. The van der Waals surface area contributed by atoms with E-state index in [1.165, 1.54) is 30.3 Å². The number of benzene rings is 1. The van der Waals surface area contributed by atoms with Crippen molar-refractivity contribution in [2.24, 2.45) is 0 Å². The van der Waals surface area contributed by atoms with Gasteiger partial charge in [0.05, 0.1) is 5.69 Å². The fraction of sp³-hybridized carbons (Fsp3) is 0.467. The van der Waals surface area contributed by atoms with Gasteiger partial charge in [-0.05, 0) is 31.1 Å². The van der Waals surface area contributed by atoms with Crippen molar-refractivity contribution >= 4 is 16.6 Å². The average Bonchev–Trinajstić information content (AvgIpc) is 2.62. The van der Waals surface area contributed by atoms with E-state index in [0.29, 0.717) is 6.08 Å². The Morgan fingerprint density at radius 2 is 1.26 bits per heavy atom. The summed E-state index contributed by atoms with van der Waals surface area (Å²) in [7, 11) is -3.50. The molecule has 0 N–H and O–H groups in total. The van der Waals surface area contributed by atoms with Gasteiger partial charge in [0.25, 0.3) is 16.6 Å². The lowest BCUT2D eigenvalue weighted by Crippen LogP contribution is -2.67. The highest BCUT2D eigenvalue weighted by atomic mass is 32.2. The van der Waals surface area contributed by atoms with E-state index in [1.54, 1.807) is 0 Å². The Balaban J connectivity index is 3.10.